The number of hydrogen-bond donors (Lipinski definition) is 0. The average Bonchev–Trinajstić information content (AvgIpc) is 2.58. The standard InChI is InChI=1S/C13H23BrN2S/c1-10-15-12(9-17-10)8-16(5)7-11(6-14)13(2,3)4/h9,11H,6-8H2,1-5H3. The number of hydrogen-bond acceptors (Lipinski definition) is 3. The van der Waals surface area contributed by atoms with Crippen molar-refractivity contribution >= 4 is 27.3 Å². The minimum Gasteiger partial charge on any atom is -0.300 e. The lowest BCUT2D eigenvalue weighted by molar-refractivity contribution is 0.182. The van der Waals surface area contributed by atoms with E-state index in [0.29, 0.717) is 11.3 Å². The minimum absolute atomic E-state index is 0.343. The van der Waals surface area contributed by atoms with Crippen molar-refractivity contribution in [1.82, 2.24) is 9.88 Å². The summed E-state index contributed by atoms with van der Waals surface area (Å²) >= 11 is 5.36. The first kappa shape index (κ1) is 15.1. The van der Waals surface area contributed by atoms with Crippen LogP contribution in [0, 0.1) is 18.3 Å². The number of alkyl halides is 1. The first-order valence-electron chi connectivity index (χ1n) is 5.98. The van der Waals surface area contributed by atoms with Crippen molar-refractivity contribution in [3.63, 3.8) is 0 Å². The summed E-state index contributed by atoms with van der Waals surface area (Å²) in [4.78, 5) is 6.88. The highest BCUT2D eigenvalue weighted by Gasteiger charge is 2.24. The Morgan fingerprint density at radius 3 is 2.53 bits per heavy atom. The van der Waals surface area contributed by atoms with Gasteiger partial charge in [0.2, 0.25) is 0 Å². The zero-order valence-corrected chi connectivity index (χ0v) is 13.9. The molecule has 0 aromatic carbocycles. The molecule has 1 aromatic heterocycles. The van der Waals surface area contributed by atoms with Crippen LogP contribution >= 0.6 is 27.3 Å². The number of aryl methyl sites for hydroxylation is 1. The molecule has 0 amide bonds. The lowest BCUT2D eigenvalue weighted by Crippen LogP contribution is -2.34. The van der Waals surface area contributed by atoms with E-state index in [1.54, 1.807) is 11.3 Å². The minimum atomic E-state index is 0.343. The first-order chi connectivity index (χ1) is 7.82. The SMILES string of the molecule is Cc1nc(CN(C)CC(CBr)C(C)(C)C)cs1. The topological polar surface area (TPSA) is 16.1 Å². The van der Waals surface area contributed by atoms with Crippen LogP contribution in [-0.4, -0.2) is 28.8 Å². The number of nitrogens with zero attached hydrogens (tertiary/aromatic N) is 2. The fourth-order valence-electron chi connectivity index (χ4n) is 1.75. The van der Waals surface area contributed by atoms with E-state index in [1.807, 2.05) is 0 Å². The molecule has 98 valence electrons. The molecule has 0 fully saturated rings. The molecule has 0 spiro atoms. The molecule has 0 saturated heterocycles. The van der Waals surface area contributed by atoms with E-state index < -0.39 is 0 Å². The van der Waals surface area contributed by atoms with Crippen LogP contribution in [0.1, 0.15) is 31.5 Å². The number of aromatic nitrogens is 1. The van der Waals surface area contributed by atoms with E-state index in [9.17, 15) is 0 Å². The van der Waals surface area contributed by atoms with Gasteiger partial charge in [-0.05, 0) is 25.3 Å². The zero-order valence-electron chi connectivity index (χ0n) is 11.5. The van der Waals surface area contributed by atoms with Crippen molar-refractivity contribution in [2.45, 2.75) is 34.2 Å². The van der Waals surface area contributed by atoms with Gasteiger partial charge in [-0.15, -0.1) is 11.3 Å². The number of thiazole rings is 1. The molecule has 0 N–H and O–H groups in total. The predicted molar refractivity (Wildman–Crippen MR) is 79.9 cm³/mol. The van der Waals surface area contributed by atoms with Gasteiger partial charge in [0, 0.05) is 23.8 Å². The number of rotatable bonds is 5. The summed E-state index contributed by atoms with van der Waals surface area (Å²) in [6, 6.07) is 0. The molecular weight excluding hydrogens is 296 g/mol. The molecule has 0 aliphatic rings. The largest absolute Gasteiger partial charge is 0.300 e. The Hall–Kier alpha value is 0.0700. The molecule has 17 heavy (non-hydrogen) atoms. The molecule has 1 heterocycles. The first-order valence-corrected chi connectivity index (χ1v) is 7.98. The van der Waals surface area contributed by atoms with Gasteiger partial charge in [0.25, 0.3) is 0 Å². The van der Waals surface area contributed by atoms with Gasteiger partial charge in [-0.1, -0.05) is 36.7 Å². The van der Waals surface area contributed by atoms with E-state index in [2.05, 4.69) is 65.9 Å². The van der Waals surface area contributed by atoms with Crippen molar-refractivity contribution in [2.24, 2.45) is 11.3 Å². The molecule has 1 atom stereocenters. The second-order valence-electron chi connectivity index (χ2n) is 5.77. The second-order valence-corrected chi connectivity index (χ2v) is 7.48. The Morgan fingerprint density at radius 2 is 2.12 bits per heavy atom. The third kappa shape index (κ3) is 5.06. The predicted octanol–water partition coefficient (Wildman–Crippen LogP) is 3.94. The summed E-state index contributed by atoms with van der Waals surface area (Å²) in [7, 11) is 2.18. The molecule has 0 radical (unpaired) electrons. The molecule has 0 bridgehead atoms. The monoisotopic (exact) mass is 318 g/mol. The molecular formula is C13H23BrN2S. The quantitative estimate of drug-likeness (QED) is 0.764. The van der Waals surface area contributed by atoms with Crippen LogP contribution in [0.15, 0.2) is 5.38 Å². The van der Waals surface area contributed by atoms with Crippen molar-refractivity contribution in [2.75, 3.05) is 18.9 Å². The van der Waals surface area contributed by atoms with Crippen LogP contribution in [0.4, 0.5) is 0 Å². The Labute approximate surface area is 118 Å². The van der Waals surface area contributed by atoms with Crippen molar-refractivity contribution in [3.05, 3.63) is 16.1 Å². The highest BCUT2D eigenvalue weighted by Crippen LogP contribution is 2.28. The van der Waals surface area contributed by atoms with Crippen molar-refractivity contribution < 1.29 is 0 Å². The summed E-state index contributed by atoms with van der Waals surface area (Å²) in [5.74, 6) is 0.659. The van der Waals surface area contributed by atoms with E-state index >= 15 is 0 Å². The van der Waals surface area contributed by atoms with Crippen LogP contribution in [0.2, 0.25) is 0 Å². The summed E-state index contributed by atoms with van der Waals surface area (Å²) < 4.78 is 0. The van der Waals surface area contributed by atoms with Crippen molar-refractivity contribution in [3.8, 4) is 0 Å². The Kier molecular flexibility index (Phi) is 5.61. The highest BCUT2D eigenvalue weighted by atomic mass is 79.9. The normalized spacial score (nSPS) is 14.3. The molecule has 2 nitrogen and oxygen atoms in total. The van der Waals surface area contributed by atoms with Crippen molar-refractivity contribution in [1.29, 1.82) is 0 Å². The third-order valence-corrected chi connectivity index (χ3v) is 4.65. The maximum absolute atomic E-state index is 4.51. The summed E-state index contributed by atoms with van der Waals surface area (Å²) in [5.41, 5.74) is 1.53. The molecule has 0 aliphatic heterocycles. The van der Waals surface area contributed by atoms with Gasteiger partial charge in [0.05, 0.1) is 10.7 Å². The zero-order chi connectivity index (χ0) is 13.1. The lowest BCUT2D eigenvalue weighted by Gasteiger charge is -2.32. The summed E-state index contributed by atoms with van der Waals surface area (Å²) in [6.07, 6.45) is 0. The van der Waals surface area contributed by atoms with Crippen LogP contribution < -0.4 is 0 Å². The van der Waals surface area contributed by atoms with Crippen LogP contribution in [0.25, 0.3) is 0 Å². The lowest BCUT2D eigenvalue weighted by atomic mass is 9.82. The van der Waals surface area contributed by atoms with Gasteiger partial charge >= 0.3 is 0 Å². The molecule has 1 unspecified atom stereocenters. The van der Waals surface area contributed by atoms with E-state index in [0.717, 1.165) is 23.4 Å². The van der Waals surface area contributed by atoms with Gasteiger partial charge in [0.1, 0.15) is 0 Å². The second kappa shape index (κ2) is 6.30. The maximum Gasteiger partial charge on any atom is 0.0897 e. The van der Waals surface area contributed by atoms with E-state index in [-0.39, 0.29) is 0 Å². The molecule has 4 heteroatoms. The van der Waals surface area contributed by atoms with E-state index in [4.69, 9.17) is 0 Å². The van der Waals surface area contributed by atoms with Crippen LogP contribution in [-0.2, 0) is 6.54 Å². The van der Waals surface area contributed by atoms with Gasteiger partial charge in [-0.2, -0.15) is 0 Å². The Bertz CT molecular complexity index is 343. The van der Waals surface area contributed by atoms with E-state index in [1.165, 1.54) is 5.69 Å². The third-order valence-electron chi connectivity index (χ3n) is 3.04. The Morgan fingerprint density at radius 1 is 1.47 bits per heavy atom. The molecule has 0 aliphatic carbocycles. The smallest absolute Gasteiger partial charge is 0.0897 e. The molecule has 0 saturated carbocycles. The Balaban J connectivity index is 2.51. The maximum atomic E-state index is 4.51. The number of halogens is 1. The van der Waals surface area contributed by atoms with Gasteiger partial charge in [0.15, 0.2) is 0 Å². The summed E-state index contributed by atoms with van der Waals surface area (Å²) in [6.45, 7) is 11.0. The van der Waals surface area contributed by atoms with Crippen LogP contribution in [0.3, 0.4) is 0 Å². The molecule has 1 aromatic rings. The van der Waals surface area contributed by atoms with Crippen LogP contribution in [0.5, 0.6) is 0 Å². The van der Waals surface area contributed by atoms with Gasteiger partial charge < -0.3 is 4.90 Å². The summed E-state index contributed by atoms with van der Waals surface area (Å²) in [5, 5.41) is 4.37. The van der Waals surface area contributed by atoms with Gasteiger partial charge in [-0.3, -0.25) is 0 Å². The highest BCUT2D eigenvalue weighted by molar-refractivity contribution is 9.09. The molecule has 1 rings (SSSR count). The van der Waals surface area contributed by atoms with Gasteiger partial charge in [-0.25, -0.2) is 4.98 Å². The fraction of sp³-hybridized carbons (Fsp3) is 0.769. The average molecular weight is 319 g/mol. The fourth-order valence-corrected chi connectivity index (χ4v) is 3.53.